The van der Waals surface area contributed by atoms with Gasteiger partial charge >= 0.3 is 5.97 Å². The van der Waals surface area contributed by atoms with E-state index in [-0.39, 0.29) is 12.2 Å². The Bertz CT molecular complexity index is 628. The summed E-state index contributed by atoms with van der Waals surface area (Å²) < 4.78 is 15.5. The van der Waals surface area contributed by atoms with Crippen molar-refractivity contribution < 1.29 is 19.0 Å². The normalized spacial score (nSPS) is 10.6. The molecule has 0 bridgehead atoms. The van der Waals surface area contributed by atoms with E-state index in [0.29, 0.717) is 17.1 Å². The summed E-state index contributed by atoms with van der Waals surface area (Å²) in [6, 6.07) is 5.26. The molecule has 5 nitrogen and oxygen atoms in total. The van der Waals surface area contributed by atoms with Crippen LogP contribution in [0.1, 0.15) is 25.0 Å². The monoisotopic (exact) mass is 301 g/mol. The van der Waals surface area contributed by atoms with Crippen LogP contribution in [0.15, 0.2) is 24.3 Å². The minimum atomic E-state index is -0.660. The highest BCUT2D eigenvalue weighted by molar-refractivity contribution is 5.98. The van der Waals surface area contributed by atoms with Crippen LogP contribution in [0.25, 0.3) is 11.6 Å². The minimum Gasteiger partial charge on any atom is -0.496 e. The van der Waals surface area contributed by atoms with Gasteiger partial charge in [-0.15, -0.1) is 0 Å². The number of hydrogen-bond donors (Lipinski definition) is 0. The zero-order valence-corrected chi connectivity index (χ0v) is 13.2. The lowest BCUT2D eigenvalue weighted by Crippen LogP contribution is -2.06. The summed E-state index contributed by atoms with van der Waals surface area (Å²) in [5.41, 5.74) is 2.05. The summed E-state index contributed by atoms with van der Waals surface area (Å²) in [5, 5.41) is 9.08. The highest BCUT2D eigenvalue weighted by Gasteiger charge is 2.15. The number of carbonyl (C=O) groups is 1. The number of hydrogen-bond acceptors (Lipinski definition) is 5. The molecule has 0 fully saturated rings. The quantitative estimate of drug-likeness (QED) is 0.458. The van der Waals surface area contributed by atoms with E-state index in [1.807, 2.05) is 13.0 Å². The van der Waals surface area contributed by atoms with Crippen LogP contribution in [0.5, 0.6) is 11.5 Å². The number of benzene rings is 1. The molecule has 0 saturated heterocycles. The molecule has 0 aliphatic heterocycles. The largest absolute Gasteiger partial charge is 0.496 e. The molecule has 0 radical (unpaired) electrons. The van der Waals surface area contributed by atoms with Crippen molar-refractivity contribution in [2.24, 2.45) is 0 Å². The van der Waals surface area contributed by atoms with Crippen LogP contribution in [0.3, 0.4) is 0 Å². The Balaban J connectivity index is 3.41. The maximum Gasteiger partial charge on any atom is 0.348 e. The molecule has 1 rings (SSSR count). The van der Waals surface area contributed by atoms with E-state index in [1.165, 1.54) is 20.3 Å². The third-order valence-corrected chi connectivity index (χ3v) is 2.88. The number of nitrogens with zero attached hydrogens (tertiary/aromatic N) is 1. The third kappa shape index (κ3) is 3.89. The second-order valence-corrected chi connectivity index (χ2v) is 4.47. The first kappa shape index (κ1) is 17.3. The molecule has 5 heteroatoms. The lowest BCUT2D eigenvalue weighted by atomic mass is 10.0. The third-order valence-electron chi connectivity index (χ3n) is 2.88. The molecule has 116 valence electrons. The molecule has 0 atom stereocenters. The Kier molecular flexibility index (Phi) is 6.21. The van der Waals surface area contributed by atoms with Gasteiger partial charge in [0, 0.05) is 0 Å². The van der Waals surface area contributed by atoms with E-state index in [1.54, 1.807) is 19.1 Å². The molecule has 0 spiro atoms. The summed E-state index contributed by atoms with van der Waals surface area (Å²) >= 11 is 0. The van der Waals surface area contributed by atoms with Crippen molar-refractivity contribution in [3.63, 3.8) is 0 Å². The average molecular weight is 301 g/mol. The number of esters is 1. The van der Waals surface area contributed by atoms with Crippen molar-refractivity contribution >= 4 is 17.6 Å². The van der Waals surface area contributed by atoms with Crippen molar-refractivity contribution in [2.75, 3.05) is 20.8 Å². The van der Waals surface area contributed by atoms with Gasteiger partial charge in [-0.05, 0) is 43.2 Å². The van der Waals surface area contributed by atoms with Crippen molar-refractivity contribution in [3.8, 4) is 17.6 Å². The van der Waals surface area contributed by atoms with Crippen LogP contribution in [0.4, 0.5) is 0 Å². The molecule has 1 aromatic rings. The maximum atomic E-state index is 11.7. The zero-order chi connectivity index (χ0) is 16.7. The first-order valence-electron chi connectivity index (χ1n) is 6.69. The number of carbonyl (C=O) groups excluding carboxylic acids is 1. The fraction of sp³-hybridized carbons (Fsp3) is 0.294. The van der Waals surface area contributed by atoms with Gasteiger partial charge in [0.05, 0.1) is 26.4 Å². The van der Waals surface area contributed by atoms with Gasteiger partial charge in [-0.2, -0.15) is 5.26 Å². The Morgan fingerprint density at radius 2 is 1.86 bits per heavy atom. The van der Waals surface area contributed by atoms with Crippen LogP contribution in [-0.4, -0.2) is 26.8 Å². The van der Waals surface area contributed by atoms with Gasteiger partial charge in [0.15, 0.2) is 0 Å². The fourth-order valence-electron chi connectivity index (χ4n) is 1.95. The molecule has 0 aliphatic carbocycles. The topological polar surface area (TPSA) is 68.5 Å². The summed E-state index contributed by atoms with van der Waals surface area (Å²) in [5.74, 6) is 0.449. The van der Waals surface area contributed by atoms with E-state index in [2.05, 4.69) is 6.58 Å². The summed E-state index contributed by atoms with van der Waals surface area (Å²) in [4.78, 5) is 11.7. The maximum absolute atomic E-state index is 11.7. The SMILES string of the molecule is C=C(C)c1c(OC)cc(/C=C(\C#N)C(=O)OCC)cc1OC. The van der Waals surface area contributed by atoms with E-state index in [4.69, 9.17) is 19.5 Å². The number of ether oxygens (including phenoxy) is 3. The molecule has 1 aromatic carbocycles. The van der Waals surface area contributed by atoms with Crippen molar-refractivity contribution in [1.82, 2.24) is 0 Å². The zero-order valence-electron chi connectivity index (χ0n) is 13.2. The number of methoxy groups -OCH3 is 2. The Hall–Kier alpha value is -2.74. The van der Waals surface area contributed by atoms with Crippen LogP contribution in [0.2, 0.25) is 0 Å². The first-order chi connectivity index (χ1) is 10.5. The Labute approximate surface area is 130 Å². The van der Waals surface area contributed by atoms with E-state index in [0.717, 1.165) is 11.1 Å². The second-order valence-electron chi connectivity index (χ2n) is 4.47. The molecular formula is C17H19NO4. The Morgan fingerprint density at radius 3 is 2.23 bits per heavy atom. The predicted molar refractivity (Wildman–Crippen MR) is 84.5 cm³/mol. The number of rotatable bonds is 6. The lowest BCUT2D eigenvalue weighted by molar-refractivity contribution is -0.137. The lowest BCUT2D eigenvalue weighted by Gasteiger charge is -2.14. The molecule has 0 saturated carbocycles. The van der Waals surface area contributed by atoms with Crippen molar-refractivity contribution in [1.29, 1.82) is 5.26 Å². The second kappa shape index (κ2) is 7.89. The summed E-state index contributed by atoms with van der Waals surface area (Å²) in [6.45, 7) is 7.63. The molecule has 0 aromatic heterocycles. The van der Waals surface area contributed by atoms with Crippen molar-refractivity contribution in [2.45, 2.75) is 13.8 Å². The molecule has 0 heterocycles. The van der Waals surface area contributed by atoms with Gasteiger partial charge in [-0.3, -0.25) is 0 Å². The van der Waals surface area contributed by atoms with Gasteiger partial charge in [0.1, 0.15) is 23.1 Å². The fourth-order valence-corrected chi connectivity index (χ4v) is 1.95. The predicted octanol–water partition coefficient (Wildman–Crippen LogP) is 3.21. The van der Waals surface area contributed by atoms with Crippen LogP contribution < -0.4 is 9.47 Å². The van der Waals surface area contributed by atoms with Crippen LogP contribution >= 0.6 is 0 Å². The van der Waals surface area contributed by atoms with Gasteiger partial charge in [-0.1, -0.05) is 6.58 Å². The molecular weight excluding hydrogens is 282 g/mol. The summed E-state index contributed by atoms with van der Waals surface area (Å²) in [6.07, 6.45) is 1.44. The highest BCUT2D eigenvalue weighted by Crippen LogP contribution is 2.36. The highest BCUT2D eigenvalue weighted by atomic mass is 16.5. The van der Waals surface area contributed by atoms with Crippen LogP contribution in [0, 0.1) is 11.3 Å². The van der Waals surface area contributed by atoms with Gasteiger partial charge < -0.3 is 14.2 Å². The molecule has 0 aliphatic rings. The van der Waals surface area contributed by atoms with Gasteiger partial charge in [0.2, 0.25) is 0 Å². The van der Waals surface area contributed by atoms with Gasteiger partial charge in [0.25, 0.3) is 0 Å². The minimum absolute atomic E-state index is 0.0889. The van der Waals surface area contributed by atoms with E-state index in [9.17, 15) is 4.79 Å². The van der Waals surface area contributed by atoms with E-state index < -0.39 is 5.97 Å². The van der Waals surface area contributed by atoms with Crippen LogP contribution in [-0.2, 0) is 9.53 Å². The molecule has 0 unspecified atom stereocenters. The molecule has 0 N–H and O–H groups in total. The summed E-state index contributed by atoms with van der Waals surface area (Å²) in [7, 11) is 3.07. The number of allylic oxidation sites excluding steroid dienone is 1. The smallest absolute Gasteiger partial charge is 0.348 e. The molecule has 0 amide bonds. The van der Waals surface area contributed by atoms with Gasteiger partial charge in [-0.25, -0.2) is 4.79 Å². The standard InChI is InChI=1S/C17H19NO4/c1-6-22-17(19)13(10-18)7-12-8-14(20-4)16(11(2)3)15(9-12)21-5/h7-9H,2,6H2,1,3-5H3/b13-7+. The average Bonchev–Trinajstić information content (AvgIpc) is 2.51. The van der Waals surface area contributed by atoms with Crippen molar-refractivity contribution in [3.05, 3.63) is 35.4 Å². The number of nitriles is 1. The Morgan fingerprint density at radius 1 is 1.32 bits per heavy atom. The van der Waals surface area contributed by atoms with E-state index >= 15 is 0 Å². The molecule has 22 heavy (non-hydrogen) atoms. The first-order valence-corrected chi connectivity index (χ1v) is 6.69.